The summed E-state index contributed by atoms with van der Waals surface area (Å²) in [5, 5.41) is 18.7. The van der Waals surface area contributed by atoms with Crippen molar-refractivity contribution in [3.05, 3.63) is 26.4 Å². The molecule has 1 N–H and O–H groups in total. The Kier molecular flexibility index (Phi) is 3.71. The Morgan fingerprint density at radius 2 is 2.07 bits per heavy atom. The van der Waals surface area contributed by atoms with Crippen LogP contribution < -0.4 is 5.32 Å². The molecule has 4 aliphatic rings. The molecule has 0 spiro atoms. The summed E-state index contributed by atoms with van der Waals surface area (Å²) in [5.74, 6) is 0.501. The lowest BCUT2D eigenvalue weighted by atomic mass is 9.46. The van der Waals surface area contributed by atoms with Crippen molar-refractivity contribution in [1.82, 2.24) is 19.7 Å². The molecule has 0 saturated heterocycles. The Hall–Kier alpha value is -1.88. The zero-order chi connectivity index (χ0) is 18.8. The van der Waals surface area contributed by atoms with Crippen LogP contribution in [0.1, 0.15) is 38.5 Å². The number of hydrogen-bond donors (Lipinski definition) is 1. The number of halogens is 1. The minimum atomic E-state index is -0.570. The van der Waals surface area contributed by atoms with Gasteiger partial charge < -0.3 is 15.4 Å². The lowest BCUT2D eigenvalue weighted by Gasteiger charge is -2.60. The molecule has 1 amide bonds. The van der Waals surface area contributed by atoms with Gasteiger partial charge in [-0.05, 0) is 71.2 Å². The second-order valence-electron chi connectivity index (χ2n) is 8.14. The summed E-state index contributed by atoms with van der Waals surface area (Å²) in [4.78, 5) is 31.8. The molecule has 0 aromatic carbocycles. The maximum Gasteiger partial charge on any atom is 0.490 e. The van der Waals surface area contributed by atoms with Gasteiger partial charge in [-0.1, -0.05) is 16.3 Å². The summed E-state index contributed by atoms with van der Waals surface area (Å²) < 4.78 is 2.54. The molecule has 4 aliphatic carbocycles. The van der Waals surface area contributed by atoms with Gasteiger partial charge in [-0.25, -0.2) is 4.98 Å². The number of carbonyl (C=O) groups excluding carboxylic acids is 1. The maximum atomic E-state index is 13.2. The number of rotatable bonds is 4. The van der Waals surface area contributed by atoms with Gasteiger partial charge in [-0.2, -0.15) is 4.68 Å². The number of aromatic nitrogens is 4. The maximum absolute atomic E-state index is 13.2. The number of amides is 1. The van der Waals surface area contributed by atoms with Gasteiger partial charge >= 0.3 is 5.95 Å². The van der Waals surface area contributed by atoms with Crippen LogP contribution in [0.25, 0.3) is 0 Å². The molecule has 9 nitrogen and oxygen atoms in total. The van der Waals surface area contributed by atoms with Gasteiger partial charge in [0.1, 0.15) is 0 Å². The van der Waals surface area contributed by atoms with Gasteiger partial charge in [-0.15, -0.1) is 0 Å². The van der Waals surface area contributed by atoms with Crippen molar-refractivity contribution < 1.29 is 9.72 Å². The van der Waals surface area contributed by atoms with Gasteiger partial charge in [0.25, 0.3) is 0 Å². The average molecular weight is 453 g/mol. The van der Waals surface area contributed by atoms with Crippen LogP contribution in [0.3, 0.4) is 0 Å². The zero-order valence-corrected chi connectivity index (χ0v) is 16.7. The van der Waals surface area contributed by atoms with Crippen LogP contribution in [0, 0.1) is 27.4 Å². The predicted molar refractivity (Wildman–Crippen MR) is 100 cm³/mol. The van der Waals surface area contributed by atoms with E-state index in [1.54, 1.807) is 10.9 Å². The van der Waals surface area contributed by atoms with Crippen molar-refractivity contribution in [3.8, 4) is 0 Å². The molecule has 4 fully saturated rings. The molecule has 0 unspecified atom stereocenters. The van der Waals surface area contributed by atoms with E-state index in [-0.39, 0.29) is 17.4 Å². The van der Waals surface area contributed by atoms with E-state index in [9.17, 15) is 14.9 Å². The van der Waals surface area contributed by atoms with Crippen molar-refractivity contribution in [2.24, 2.45) is 17.3 Å². The SMILES string of the molecule is O=C(Nc1ncc(Br)s1)C12C[C@@H]3C[C@@H](C1)CC(n1cnc([N+](=O)[O-])n1)(C3)C2. The smallest absolute Gasteiger partial charge is 0.390 e. The van der Waals surface area contributed by atoms with E-state index in [4.69, 9.17) is 0 Å². The van der Waals surface area contributed by atoms with Crippen molar-refractivity contribution in [2.45, 2.75) is 44.1 Å². The molecular weight excluding hydrogens is 436 g/mol. The third kappa shape index (κ3) is 2.70. The number of hydrogen-bond acceptors (Lipinski definition) is 7. The van der Waals surface area contributed by atoms with Crippen LogP contribution in [0.4, 0.5) is 11.1 Å². The van der Waals surface area contributed by atoms with Gasteiger partial charge in [0.2, 0.25) is 12.2 Å². The molecule has 0 aliphatic heterocycles. The fourth-order valence-corrected chi connectivity index (χ4v) is 6.96. The number of nitro groups is 1. The molecule has 2 aromatic heterocycles. The van der Waals surface area contributed by atoms with E-state index in [0.717, 1.165) is 35.9 Å². The molecule has 27 heavy (non-hydrogen) atoms. The van der Waals surface area contributed by atoms with Crippen LogP contribution >= 0.6 is 27.3 Å². The lowest BCUT2D eigenvalue weighted by molar-refractivity contribution is -0.394. The average Bonchev–Trinajstić information content (AvgIpc) is 3.23. The van der Waals surface area contributed by atoms with Crippen molar-refractivity contribution >= 4 is 44.3 Å². The number of carbonyl (C=O) groups is 1. The minimum Gasteiger partial charge on any atom is -0.390 e. The van der Waals surface area contributed by atoms with Gasteiger partial charge in [0.15, 0.2) is 5.13 Å². The number of nitrogens with zero attached hydrogens (tertiary/aromatic N) is 5. The highest BCUT2D eigenvalue weighted by molar-refractivity contribution is 9.11. The molecule has 11 heteroatoms. The van der Waals surface area contributed by atoms with Crippen molar-refractivity contribution in [2.75, 3.05) is 5.32 Å². The summed E-state index contributed by atoms with van der Waals surface area (Å²) in [7, 11) is 0. The largest absolute Gasteiger partial charge is 0.490 e. The first-order valence-corrected chi connectivity index (χ1v) is 10.5. The number of thiazole rings is 1. The second-order valence-corrected chi connectivity index (χ2v) is 10.5. The predicted octanol–water partition coefficient (Wildman–Crippen LogP) is 3.34. The van der Waals surface area contributed by atoms with Crippen LogP contribution in [0.15, 0.2) is 16.3 Å². The lowest BCUT2D eigenvalue weighted by Crippen LogP contribution is -2.60. The fourth-order valence-electron chi connectivity index (χ4n) is 5.86. The fraction of sp³-hybridized carbons (Fsp3) is 0.625. The summed E-state index contributed by atoms with van der Waals surface area (Å²) in [6.07, 6.45) is 8.44. The monoisotopic (exact) mass is 452 g/mol. The highest BCUT2D eigenvalue weighted by atomic mass is 79.9. The van der Waals surface area contributed by atoms with Crippen LogP contribution in [0.2, 0.25) is 0 Å². The topological polar surface area (TPSA) is 116 Å². The number of anilines is 1. The Balaban J connectivity index is 1.47. The third-order valence-electron chi connectivity index (χ3n) is 6.34. The Labute approximate surface area is 166 Å². The first-order chi connectivity index (χ1) is 12.9. The van der Waals surface area contributed by atoms with Gasteiger partial charge in [0.05, 0.1) is 20.9 Å². The van der Waals surface area contributed by atoms with Gasteiger partial charge in [0, 0.05) is 5.10 Å². The van der Waals surface area contributed by atoms with Crippen LogP contribution in [-0.2, 0) is 10.3 Å². The minimum absolute atomic E-state index is 0.0115. The second kappa shape index (κ2) is 5.81. The van der Waals surface area contributed by atoms with E-state index in [1.807, 2.05) is 0 Å². The standard InChI is InChI=1S/C16H17BrN6O3S/c17-11-6-18-14(27-11)20-12(24)15-2-9-1-10(3-15)5-16(4-9,7-15)22-8-19-13(21-22)23(25)26/h6,8-10H,1-5,7H2,(H,18,20,24)/t9-,10-,15?,16?/m0/s1. The summed E-state index contributed by atoms with van der Waals surface area (Å²) in [5.41, 5.74) is -0.824. The van der Waals surface area contributed by atoms with Gasteiger partial charge in [-0.3, -0.25) is 4.79 Å². The highest BCUT2D eigenvalue weighted by Gasteiger charge is 2.62. The number of nitrogens with one attached hydrogen (secondary N) is 1. The van der Waals surface area contributed by atoms with E-state index >= 15 is 0 Å². The van der Waals surface area contributed by atoms with E-state index < -0.39 is 10.3 Å². The molecule has 2 atom stereocenters. The van der Waals surface area contributed by atoms with Crippen molar-refractivity contribution in [3.63, 3.8) is 0 Å². The van der Waals surface area contributed by atoms with Crippen LogP contribution in [-0.4, -0.2) is 30.6 Å². The van der Waals surface area contributed by atoms with Crippen molar-refractivity contribution in [1.29, 1.82) is 0 Å². The Morgan fingerprint density at radius 1 is 1.33 bits per heavy atom. The molecule has 4 bridgehead atoms. The molecule has 6 rings (SSSR count). The van der Waals surface area contributed by atoms with E-state index in [1.165, 1.54) is 17.7 Å². The quantitative estimate of drug-likeness (QED) is 0.561. The first-order valence-electron chi connectivity index (χ1n) is 8.87. The third-order valence-corrected chi connectivity index (χ3v) is 7.73. The molecule has 0 radical (unpaired) electrons. The normalized spacial score (nSPS) is 34.0. The van der Waals surface area contributed by atoms with Crippen LogP contribution in [0.5, 0.6) is 0 Å². The molecule has 2 aromatic rings. The molecular formula is C16H17BrN6O3S. The Bertz CT molecular complexity index is 928. The highest BCUT2D eigenvalue weighted by Crippen LogP contribution is 2.64. The van der Waals surface area contributed by atoms with E-state index in [0.29, 0.717) is 23.4 Å². The molecule has 142 valence electrons. The van der Waals surface area contributed by atoms with E-state index in [2.05, 4.69) is 36.3 Å². The summed E-state index contributed by atoms with van der Waals surface area (Å²) >= 11 is 4.76. The Morgan fingerprint density at radius 3 is 2.67 bits per heavy atom. The first kappa shape index (κ1) is 17.2. The summed E-state index contributed by atoms with van der Waals surface area (Å²) in [6, 6.07) is 0. The molecule has 2 heterocycles. The summed E-state index contributed by atoms with van der Waals surface area (Å²) in [6.45, 7) is 0. The molecule has 4 saturated carbocycles. The zero-order valence-electron chi connectivity index (χ0n) is 14.3.